The van der Waals surface area contributed by atoms with Gasteiger partial charge in [0, 0.05) is 28.0 Å². The number of methoxy groups -OCH3 is 1. The summed E-state index contributed by atoms with van der Waals surface area (Å²) in [5, 5.41) is 6.55. The molecule has 4 rings (SSSR count). The largest absolute Gasteiger partial charge is 0.496 e. The predicted molar refractivity (Wildman–Crippen MR) is 118 cm³/mol. The molecule has 0 radical (unpaired) electrons. The summed E-state index contributed by atoms with van der Waals surface area (Å²) in [6, 6.07) is 10.8. The van der Waals surface area contributed by atoms with Crippen molar-refractivity contribution in [2.75, 3.05) is 17.7 Å². The molecule has 3 amide bonds. The van der Waals surface area contributed by atoms with Crippen LogP contribution in [0.3, 0.4) is 0 Å². The fourth-order valence-electron chi connectivity index (χ4n) is 4.50. The number of carbonyl (C=O) groups is 2. The molecule has 30 heavy (non-hydrogen) atoms. The number of ether oxygens (including phenoxy) is 1. The average Bonchev–Trinajstić information content (AvgIpc) is 2.75. The van der Waals surface area contributed by atoms with E-state index >= 15 is 0 Å². The van der Waals surface area contributed by atoms with E-state index in [0.717, 1.165) is 30.4 Å². The first kappa shape index (κ1) is 20.5. The Kier molecular flexibility index (Phi) is 5.60. The van der Waals surface area contributed by atoms with Gasteiger partial charge in [-0.2, -0.15) is 0 Å². The molecular weight excluding hydrogens is 402 g/mol. The van der Waals surface area contributed by atoms with Gasteiger partial charge in [-0.25, -0.2) is 4.79 Å². The Balaban J connectivity index is 1.67. The van der Waals surface area contributed by atoms with Crippen LogP contribution in [0.2, 0.25) is 5.02 Å². The number of nitrogens with one attached hydrogen (secondary N) is 2. The Bertz CT molecular complexity index is 986. The second-order valence-electron chi connectivity index (χ2n) is 8.01. The number of amides is 3. The molecular formula is C23H26ClN3O3. The van der Waals surface area contributed by atoms with Crippen molar-refractivity contribution < 1.29 is 14.3 Å². The van der Waals surface area contributed by atoms with Gasteiger partial charge in [0.15, 0.2) is 0 Å². The summed E-state index contributed by atoms with van der Waals surface area (Å²) in [6.07, 6.45) is 4.08. The highest BCUT2D eigenvalue weighted by atomic mass is 35.5. The van der Waals surface area contributed by atoms with E-state index in [1.54, 1.807) is 12.0 Å². The van der Waals surface area contributed by atoms with Crippen molar-refractivity contribution in [1.82, 2.24) is 4.90 Å². The van der Waals surface area contributed by atoms with Crippen molar-refractivity contribution >= 4 is 34.9 Å². The average molecular weight is 428 g/mol. The van der Waals surface area contributed by atoms with Gasteiger partial charge in [0.2, 0.25) is 5.91 Å². The third-order valence-corrected chi connectivity index (χ3v) is 6.56. The zero-order chi connectivity index (χ0) is 21.3. The summed E-state index contributed by atoms with van der Waals surface area (Å²) in [4.78, 5) is 28.3. The molecule has 0 saturated heterocycles. The first-order chi connectivity index (χ1) is 14.4. The van der Waals surface area contributed by atoms with E-state index in [0.29, 0.717) is 41.5 Å². The highest BCUT2D eigenvalue weighted by Crippen LogP contribution is 2.40. The number of fused-ring (bicyclic) bond motifs is 1. The molecule has 2 aliphatic rings. The van der Waals surface area contributed by atoms with E-state index < -0.39 is 5.54 Å². The van der Waals surface area contributed by atoms with Crippen LogP contribution < -0.4 is 15.4 Å². The quantitative estimate of drug-likeness (QED) is 0.691. The molecule has 2 aromatic carbocycles. The second-order valence-corrected chi connectivity index (χ2v) is 8.42. The summed E-state index contributed by atoms with van der Waals surface area (Å²) >= 11 is 6.40. The van der Waals surface area contributed by atoms with Crippen LogP contribution in [0.4, 0.5) is 16.2 Å². The van der Waals surface area contributed by atoms with Gasteiger partial charge in [0.1, 0.15) is 11.3 Å². The van der Waals surface area contributed by atoms with E-state index in [4.69, 9.17) is 16.3 Å². The number of aryl methyl sites for hydroxylation is 1. The molecule has 6 nitrogen and oxygen atoms in total. The van der Waals surface area contributed by atoms with E-state index in [1.807, 2.05) is 43.3 Å². The van der Waals surface area contributed by atoms with Crippen LogP contribution in [-0.2, 0) is 11.3 Å². The maximum Gasteiger partial charge on any atom is 0.323 e. The van der Waals surface area contributed by atoms with Crippen LogP contribution in [0.15, 0.2) is 36.4 Å². The van der Waals surface area contributed by atoms with Gasteiger partial charge in [-0.05, 0) is 43.5 Å². The SMILES string of the molecule is COc1cc(NC(=O)C2(N3Cc4c(Cl)cccc4NC3=O)CCCCC2)ccc1C. The lowest BCUT2D eigenvalue weighted by atomic mass is 9.78. The molecule has 1 heterocycles. The highest BCUT2D eigenvalue weighted by molar-refractivity contribution is 6.32. The lowest BCUT2D eigenvalue weighted by Gasteiger charge is -2.46. The van der Waals surface area contributed by atoms with Crippen LogP contribution in [-0.4, -0.2) is 29.5 Å². The number of hydrogen-bond donors (Lipinski definition) is 2. The van der Waals surface area contributed by atoms with Crippen molar-refractivity contribution in [2.45, 2.75) is 51.1 Å². The molecule has 0 unspecified atom stereocenters. The van der Waals surface area contributed by atoms with Crippen LogP contribution >= 0.6 is 11.6 Å². The van der Waals surface area contributed by atoms with Crippen LogP contribution in [0.25, 0.3) is 0 Å². The van der Waals surface area contributed by atoms with Crippen molar-refractivity contribution in [3.63, 3.8) is 0 Å². The molecule has 2 N–H and O–H groups in total. The van der Waals surface area contributed by atoms with Gasteiger partial charge < -0.3 is 20.3 Å². The monoisotopic (exact) mass is 427 g/mol. The van der Waals surface area contributed by atoms with Gasteiger partial charge in [-0.15, -0.1) is 0 Å². The van der Waals surface area contributed by atoms with E-state index in [-0.39, 0.29) is 11.9 Å². The molecule has 1 saturated carbocycles. The Morgan fingerprint density at radius 2 is 1.97 bits per heavy atom. The third-order valence-electron chi connectivity index (χ3n) is 6.21. The molecule has 0 atom stereocenters. The molecule has 1 aliphatic carbocycles. The van der Waals surface area contributed by atoms with Crippen molar-refractivity contribution in [2.24, 2.45) is 0 Å². The minimum atomic E-state index is -0.919. The van der Waals surface area contributed by atoms with Crippen molar-refractivity contribution in [1.29, 1.82) is 0 Å². The summed E-state index contributed by atoms with van der Waals surface area (Å²) < 4.78 is 5.38. The smallest absolute Gasteiger partial charge is 0.323 e. The number of rotatable bonds is 4. The second kappa shape index (κ2) is 8.19. The number of benzene rings is 2. The maximum absolute atomic E-state index is 13.6. The van der Waals surface area contributed by atoms with Gasteiger partial charge in [-0.3, -0.25) is 4.79 Å². The fraction of sp³-hybridized carbons (Fsp3) is 0.391. The minimum absolute atomic E-state index is 0.168. The lowest BCUT2D eigenvalue weighted by Crippen LogP contribution is -2.61. The fourth-order valence-corrected chi connectivity index (χ4v) is 4.73. The Morgan fingerprint density at radius 3 is 2.70 bits per heavy atom. The molecule has 7 heteroatoms. The zero-order valence-corrected chi connectivity index (χ0v) is 18.0. The Hall–Kier alpha value is -2.73. The normalized spacial score (nSPS) is 17.7. The Morgan fingerprint density at radius 1 is 1.20 bits per heavy atom. The highest BCUT2D eigenvalue weighted by Gasteiger charge is 2.48. The number of anilines is 2. The summed E-state index contributed by atoms with van der Waals surface area (Å²) in [7, 11) is 1.61. The zero-order valence-electron chi connectivity index (χ0n) is 17.3. The topological polar surface area (TPSA) is 70.7 Å². The molecule has 0 spiro atoms. The minimum Gasteiger partial charge on any atom is -0.496 e. The molecule has 0 aromatic heterocycles. The van der Waals surface area contributed by atoms with Crippen molar-refractivity contribution in [3.05, 3.63) is 52.5 Å². The predicted octanol–water partition coefficient (Wildman–Crippen LogP) is 5.35. The molecule has 1 fully saturated rings. The molecule has 1 aliphatic heterocycles. The summed E-state index contributed by atoms with van der Waals surface area (Å²) in [5.41, 5.74) is 2.27. The first-order valence-electron chi connectivity index (χ1n) is 10.3. The molecule has 158 valence electrons. The number of hydrogen-bond acceptors (Lipinski definition) is 3. The van der Waals surface area contributed by atoms with Crippen LogP contribution in [0.1, 0.15) is 43.2 Å². The van der Waals surface area contributed by atoms with E-state index in [1.165, 1.54) is 0 Å². The number of halogens is 1. The number of nitrogens with zero attached hydrogens (tertiary/aromatic N) is 1. The third kappa shape index (κ3) is 3.60. The van der Waals surface area contributed by atoms with E-state index in [9.17, 15) is 9.59 Å². The first-order valence-corrected chi connectivity index (χ1v) is 10.6. The van der Waals surface area contributed by atoms with Gasteiger partial charge in [0.25, 0.3) is 0 Å². The van der Waals surface area contributed by atoms with Crippen molar-refractivity contribution in [3.8, 4) is 5.75 Å². The summed E-state index contributed by atoms with van der Waals surface area (Å²) in [5.74, 6) is 0.542. The standard InChI is InChI=1S/C23H26ClN3O3/c1-15-9-10-16(13-20(15)30-2)25-21(28)23(11-4-3-5-12-23)27-14-17-18(24)7-6-8-19(17)26-22(27)29/h6-10,13H,3-5,11-12,14H2,1-2H3,(H,25,28)(H,26,29). The molecule has 0 bridgehead atoms. The molecule has 2 aromatic rings. The van der Waals surface area contributed by atoms with Gasteiger partial charge in [0.05, 0.1) is 13.7 Å². The van der Waals surface area contributed by atoms with Gasteiger partial charge >= 0.3 is 6.03 Å². The number of carbonyl (C=O) groups excluding carboxylic acids is 2. The van der Waals surface area contributed by atoms with E-state index in [2.05, 4.69) is 10.6 Å². The number of urea groups is 1. The Labute approximate surface area is 181 Å². The van der Waals surface area contributed by atoms with Crippen LogP contribution in [0.5, 0.6) is 5.75 Å². The van der Waals surface area contributed by atoms with Crippen LogP contribution in [0, 0.1) is 6.92 Å². The summed E-state index contributed by atoms with van der Waals surface area (Å²) in [6.45, 7) is 2.26. The van der Waals surface area contributed by atoms with Gasteiger partial charge in [-0.1, -0.05) is 43.0 Å². The lowest BCUT2D eigenvalue weighted by molar-refractivity contribution is -0.128. The maximum atomic E-state index is 13.6.